The van der Waals surface area contributed by atoms with E-state index in [9.17, 15) is 21.6 Å². The van der Waals surface area contributed by atoms with Crippen molar-refractivity contribution in [3.8, 4) is 0 Å². The molecule has 1 amide bonds. The molecule has 32 heavy (non-hydrogen) atoms. The smallest absolute Gasteiger partial charge is 0.262 e. The molecule has 1 aliphatic heterocycles. The Balaban J connectivity index is 1.71. The molecule has 12 heteroatoms. The summed E-state index contributed by atoms with van der Waals surface area (Å²) in [5, 5.41) is -0.00947. The van der Waals surface area contributed by atoms with Crippen LogP contribution in [0.2, 0.25) is 0 Å². The summed E-state index contributed by atoms with van der Waals surface area (Å²) in [5.74, 6) is -0.256. The quantitative estimate of drug-likeness (QED) is 0.580. The van der Waals surface area contributed by atoms with Gasteiger partial charge in [-0.05, 0) is 30.7 Å². The van der Waals surface area contributed by atoms with Crippen LogP contribution in [0, 0.1) is 0 Å². The molecule has 0 saturated carbocycles. The minimum Gasteiger partial charge on any atom is -0.339 e. The predicted molar refractivity (Wildman–Crippen MR) is 119 cm³/mol. The van der Waals surface area contributed by atoms with Crippen LogP contribution in [0.1, 0.15) is 30.6 Å². The van der Waals surface area contributed by atoms with Crippen molar-refractivity contribution in [2.45, 2.75) is 30.2 Å². The lowest BCUT2D eigenvalue weighted by Gasteiger charge is -2.22. The van der Waals surface area contributed by atoms with Gasteiger partial charge in [0, 0.05) is 58.1 Å². The van der Waals surface area contributed by atoms with Crippen LogP contribution in [-0.2, 0) is 27.1 Å². The zero-order valence-corrected chi connectivity index (χ0v) is 20.1. The van der Waals surface area contributed by atoms with Crippen LogP contribution >= 0.6 is 0 Å². The van der Waals surface area contributed by atoms with E-state index in [1.165, 1.54) is 45.4 Å². The third-order valence-corrected chi connectivity index (χ3v) is 9.32. The molecule has 0 unspecified atom stereocenters. The summed E-state index contributed by atoms with van der Waals surface area (Å²) in [4.78, 5) is 18.7. The molecule has 1 fully saturated rings. The fraction of sp³-hybridized carbons (Fsp3) is 0.500. The summed E-state index contributed by atoms with van der Waals surface area (Å²) in [5.41, 5.74) is 0.365. The lowest BCUT2D eigenvalue weighted by molar-refractivity contribution is 0.0764. The number of carbonyl (C=O) groups excluding carboxylic acids is 1. The van der Waals surface area contributed by atoms with E-state index in [1.54, 1.807) is 30.4 Å². The molecule has 1 saturated heterocycles. The summed E-state index contributed by atoms with van der Waals surface area (Å²) in [6, 6.07) is 5.89. The number of amides is 1. The van der Waals surface area contributed by atoms with Crippen LogP contribution in [0.5, 0.6) is 0 Å². The van der Waals surface area contributed by atoms with Gasteiger partial charge in [-0.2, -0.15) is 8.61 Å². The molecule has 1 aliphatic rings. The molecule has 0 atom stereocenters. The summed E-state index contributed by atoms with van der Waals surface area (Å²) in [6.07, 6.45) is 3.38. The maximum atomic E-state index is 13.0. The fourth-order valence-electron chi connectivity index (χ4n) is 3.66. The van der Waals surface area contributed by atoms with E-state index >= 15 is 0 Å². The maximum Gasteiger partial charge on any atom is 0.262 e. The second-order valence-corrected chi connectivity index (χ2v) is 11.4. The molecule has 1 aromatic carbocycles. The SMILES string of the molecule is CCN(CC)S(=O)(=O)c1ccc(C(=O)N2CCCN(S(=O)(=O)c3cn(C)cn3)CC2)cc1. The van der Waals surface area contributed by atoms with Gasteiger partial charge in [0.2, 0.25) is 10.0 Å². The van der Waals surface area contributed by atoms with Gasteiger partial charge in [-0.15, -0.1) is 0 Å². The average Bonchev–Trinajstić information content (AvgIpc) is 3.06. The summed E-state index contributed by atoms with van der Waals surface area (Å²) in [6.45, 7) is 5.39. The standard InChI is InChI=1S/C20H29N5O5S2/c1-4-24(5-2)31(27,28)18-9-7-17(8-10-18)20(26)23-11-6-12-25(14-13-23)32(29,30)19-15-22(3)16-21-19/h7-10,15-16H,4-6,11-14H2,1-3H3. The highest BCUT2D eigenvalue weighted by Crippen LogP contribution is 2.19. The van der Waals surface area contributed by atoms with Gasteiger partial charge in [0.25, 0.3) is 15.9 Å². The van der Waals surface area contributed by atoms with Gasteiger partial charge in [-0.1, -0.05) is 13.8 Å². The second kappa shape index (κ2) is 9.69. The Hall–Kier alpha value is -2.28. The van der Waals surface area contributed by atoms with Crippen molar-refractivity contribution in [2.75, 3.05) is 39.3 Å². The number of hydrogen-bond acceptors (Lipinski definition) is 6. The van der Waals surface area contributed by atoms with Gasteiger partial charge < -0.3 is 9.47 Å². The minimum absolute atomic E-state index is 0.00947. The molecular weight excluding hydrogens is 454 g/mol. The molecule has 0 N–H and O–H groups in total. The first-order valence-corrected chi connectivity index (χ1v) is 13.4. The number of aryl methyl sites for hydroxylation is 1. The Morgan fingerprint density at radius 3 is 2.22 bits per heavy atom. The average molecular weight is 484 g/mol. The van der Waals surface area contributed by atoms with Crippen molar-refractivity contribution >= 4 is 26.0 Å². The number of aromatic nitrogens is 2. The third-order valence-electron chi connectivity index (χ3n) is 5.47. The Morgan fingerprint density at radius 1 is 1.00 bits per heavy atom. The van der Waals surface area contributed by atoms with E-state index in [4.69, 9.17) is 0 Å². The van der Waals surface area contributed by atoms with Crippen LogP contribution in [0.4, 0.5) is 0 Å². The van der Waals surface area contributed by atoms with Gasteiger partial charge in [0.1, 0.15) is 0 Å². The topological polar surface area (TPSA) is 113 Å². The summed E-state index contributed by atoms with van der Waals surface area (Å²) in [7, 11) is -5.61. The Bertz CT molecular complexity index is 1160. The number of imidazole rings is 1. The number of benzene rings is 1. The molecule has 176 valence electrons. The molecule has 0 spiro atoms. The van der Waals surface area contributed by atoms with Crippen LogP contribution in [-0.4, -0.2) is 85.1 Å². The molecule has 3 rings (SSSR count). The molecule has 0 bridgehead atoms. The summed E-state index contributed by atoms with van der Waals surface area (Å²) < 4.78 is 55.2. The van der Waals surface area contributed by atoms with E-state index in [2.05, 4.69) is 4.98 Å². The minimum atomic E-state index is -3.72. The van der Waals surface area contributed by atoms with Crippen LogP contribution < -0.4 is 0 Å². The number of rotatable bonds is 7. The Morgan fingerprint density at radius 2 is 1.66 bits per heavy atom. The highest BCUT2D eigenvalue weighted by atomic mass is 32.2. The molecule has 2 heterocycles. The van der Waals surface area contributed by atoms with E-state index in [0.29, 0.717) is 38.2 Å². The summed E-state index contributed by atoms with van der Waals surface area (Å²) >= 11 is 0. The first-order chi connectivity index (χ1) is 15.1. The van der Waals surface area contributed by atoms with Crippen LogP contribution in [0.25, 0.3) is 0 Å². The Labute approximate surface area is 189 Å². The molecular formula is C20H29N5O5S2. The number of sulfonamides is 2. The van der Waals surface area contributed by atoms with Crippen molar-refractivity contribution in [2.24, 2.45) is 7.05 Å². The van der Waals surface area contributed by atoms with E-state index < -0.39 is 20.0 Å². The van der Waals surface area contributed by atoms with Crippen LogP contribution in [0.3, 0.4) is 0 Å². The zero-order valence-electron chi connectivity index (χ0n) is 18.5. The van der Waals surface area contributed by atoms with Gasteiger partial charge in [0.05, 0.1) is 11.2 Å². The first-order valence-electron chi connectivity index (χ1n) is 10.5. The van der Waals surface area contributed by atoms with Gasteiger partial charge in [-0.3, -0.25) is 4.79 Å². The number of carbonyl (C=O) groups is 1. The highest BCUT2D eigenvalue weighted by molar-refractivity contribution is 7.89. The molecule has 0 aliphatic carbocycles. The second-order valence-electron chi connectivity index (χ2n) is 7.54. The highest BCUT2D eigenvalue weighted by Gasteiger charge is 2.30. The number of hydrogen-bond donors (Lipinski definition) is 0. The lowest BCUT2D eigenvalue weighted by atomic mass is 10.2. The van der Waals surface area contributed by atoms with Crippen molar-refractivity contribution in [1.82, 2.24) is 23.1 Å². The van der Waals surface area contributed by atoms with Crippen molar-refractivity contribution in [3.05, 3.63) is 42.4 Å². The van der Waals surface area contributed by atoms with Gasteiger partial charge in [-0.25, -0.2) is 21.8 Å². The molecule has 1 aromatic heterocycles. The van der Waals surface area contributed by atoms with E-state index in [0.717, 1.165) is 0 Å². The predicted octanol–water partition coefficient (Wildman–Crippen LogP) is 0.987. The van der Waals surface area contributed by atoms with Crippen molar-refractivity contribution in [3.63, 3.8) is 0 Å². The molecule has 10 nitrogen and oxygen atoms in total. The van der Waals surface area contributed by atoms with E-state index in [-0.39, 0.29) is 28.9 Å². The number of nitrogens with zero attached hydrogens (tertiary/aromatic N) is 5. The van der Waals surface area contributed by atoms with Gasteiger partial charge in [0.15, 0.2) is 5.03 Å². The Kier molecular flexibility index (Phi) is 7.38. The fourth-order valence-corrected chi connectivity index (χ4v) is 6.55. The van der Waals surface area contributed by atoms with Crippen molar-refractivity contribution in [1.29, 1.82) is 0 Å². The molecule has 2 aromatic rings. The van der Waals surface area contributed by atoms with Crippen molar-refractivity contribution < 1.29 is 21.6 Å². The van der Waals surface area contributed by atoms with E-state index in [1.807, 2.05) is 0 Å². The normalized spacial score (nSPS) is 16.3. The van der Waals surface area contributed by atoms with Gasteiger partial charge >= 0.3 is 0 Å². The third kappa shape index (κ3) is 4.87. The lowest BCUT2D eigenvalue weighted by Crippen LogP contribution is -2.37. The maximum absolute atomic E-state index is 13.0. The largest absolute Gasteiger partial charge is 0.339 e. The monoisotopic (exact) mass is 483 g/mol. The zero-order chi connectivity index (χ0) is 23.5. The molecule has 0 radical (unpaired) electrons. The van der Waals surface area contributed by atoms with Crippen LogP contribution in [0.15, 0.2) is 46.7 Å². The first kappa shape index (κ1) is 24.4.